The van der Waals surface area contributed by atoms with Gasteiger partial charge in [-0.3, -0.25) is 4.79 Å². The Morgan fingerprint density at radius 3 is 2.70 bits per heavy atom. The first-order chi connectivity index (χ1) is 12.9. The maximum atomic E-state index is 12.8. The third-order valence-electron chi connectivity index (χ3n) is 4.46. The molecule has 0 fully saturated rings. The van der Waals surface area contributed by atoms with Gasteiger partial charge >= 0.3 is 0 Å². The van der Waals surface area contributed by atoms with Gasteiger partial charge in [0.1, 0.15) is 4.83 Å². The molecular weight excluding hydrogens is 378 g/mol. The van der Waals surface area contributed by atoms with Crippen LogP contribution in [0.15, 0.2) is 48.5 Å². The molecule has 2 aromatic carbocycles. The Morgan fingerprint density at radius 2 is 1.93 bits per heavy atom. The van der Waals surface area contributed by atoms with Crippen LogP contribution in [-0.2, 0) is 0 Å². The van der Waals surface area contributed by atoms with Crippen LogP contribution in [0.4, 0.5) is 5.69 Å². The molecule has 0 aliphatic heterocycles. The van der Waals surface area contributed by atoms with Gasteiger partial charge in [-0.2, -0.15) is 5.10 Å². The van der Waals surface area contributed by atoms with E-state index in [-0.39, 0.29) is 5.91 Å². The average Bonchev–Trinajstić information content (AvgIpc) is 3.19. The molecule has 0 aliphatic rings. The molecule has 4 nitrogen and oxygen atoms in total. The van der Waals surface area contributed by atoms with Gasteiger partial charge in [0.2, 0.25) is 0 Å². The predicted octanol–water partition coefficient (Wildman–Crippen LogP) is 5.92. The SMILES string of the molecule is Cc1cccc(-n2nc(C)c3cc(C(=O)Nc4cc(Cl)ccc4C)sc32)c1. The molecule has 0 aliphatic carbocycles. The van der Waals surface area contributed by atoms with Gasteiger partial charge in [0.25, 0.3) is 5.91 Å². The third kappa shape index (κ3) is 3.36. The minimum absolute atomic E-state index is 0.142. The van der Waals surface area contributed by atoms with Gasteiger partial charge in [-0.1, -0.05) is 29.8 Å². The van der Waals surface area contributed by atoms with E-state index in [2.05, 4.69) is 29.5 Å². The number of fused-ring (bicyclic) bond motifs is 1. The molecule has 0 saturated carbocycles. The van der Waals surface area contributed by atoms with Crippen molar-refractivity contribution in [3.05, 3.63) is 75.3 Å². The zero-order valence-corrected chi connectivity index (χ0v) is 16.8. The van der Waals surface area contributed by atoms with E-state index >= 15 is 0 Å². The summed E-state index contributed by atoms with van der Waals surface area (Å²) in [5.74, 6) is -0.142. The molecule has 136 valence electrons. The molecule has 1 N–H and O–H groups in total. The van der Waals surface area contributed by atoms with Crippen LogP contribution in [-0.4, -0.2) is 15.7 Å². The topological polar surface area (TPSA) is 46.9 Å². The van der Waals surface area contributed by atoms with E-state index in [1.807, 2.05) is 48.9 Å². The van der Waals surface area contributed by atoms with E-state index in [0.717, 1.165) is 32.8 Å². The first-order valence-corrected chi connectivity index (χ1v) is 9.75. The van der Waals surface area contributed by atoms with Crippen LogP contribution in [0.3, 0.4) is 0 Å². The van der Waals surface area contributed by atoms with E-state index in [0.29, 0.717) is 9.90 Å². The highest BCUT2D eigenvalue weighted by molar-refractivity contribution is 7.20. The number of anilines is 1. The second-order valence-corrected chi connectivity index (χ2v) is 8.05. The summed E-state index contributed by atoms with van der Waals surface area (Å²) < 4.78 is 1.91. The lowest BCUT2D eigenvalue weighted by Crippen LogP contribution is -2.11. The van der Waals surface area contributed by atoms with Crippen molar-refractivity contribution >= 4 is 44.7 Å². The van der Waals surface area contributed by atoms with Gasteiger partial charge in [0, 0.05) is 16.1 Å². The number of aryl methyl sites for hydroxylation is 3. The highest BCUT2D eigenvalue weighted by Gasteiger charge is 2.18. The van der Waals surface area contributed by atoms with Crippen LogP contribution in [0.1, 0.15) is 26.5 Å². The molecule has 0 unspecified atom stereocenters. The quantitative estimate of drug-likeness (QED) is 0.468. The van der Waals surface area contributed by atoms with Crippen molar-refractivity contribution in [3.8, 4) is 5.69 Å². The van der Waals surface area contributed by atoms with Gasteiger partial charge in [0.15, 0.2) is 0 Å². The van der Waals surface area contributed by atoms with Gasteiger partial charge in [-0.15, -0.1) is 11.3 Å². The van der Waals surface area contributed by atoms with E-state index in [4.69, 9.17) is 11.6 Å². The van der Waals surface area contributed by atoms with Crippen LogP contribution in [0.2, 0.25) is 5.02 Å². The highest BCUT2D eigenvalue weighted by Crippen LogP contribution is 2.31. The zero-order chi connectivity index (χ0) is 19.1. The number of amides is 1. The van der Waals surface area contributed by atoms with Crippen LogP contribution < -0.4 is 5.32 Å². The van der Waals surface area contributed by atoms with Crippen molar-refractivity contribution in [3.63, 3.8) is 0 Å². The summed E-state index contributed by atoms with van der Waals surface area (Å²) in [6.45, 7) is 5.96. The van der Waals surface area contributed by atoms with Gasteiger partial charge in [0.05, 0.1) is 16.3 Å². The molecule has 0 bridgehead atoms. The summed E-state index contributed by atoms with van der Waals surface area (Å²) in [5.41, 5.74) is 4.76. The van der Waals surface area contributed by atoms with E-state index in [1.54, 1.807) is 6.07 Å². The Hall–Kier alpha value is -2.63. The summed E-state index contributed by atoms with van der Waals surface area (Å²) in [5, 5.41) is 9.20. The number of nitrogens with zero attached hydrogens (tertiary/aromatic N) is 2. The molecule has 1 amide bonds. The number of hydrogen-bond acceptors (Lipinski definition) is 3. The smallest absolute Gasteiger partial charge is 0.265 e. The molecule has 0 saturated heterocycles. The maximum absolute atomic E-state index is 12.8. The molecule has 2 aromatic heterocycles. The second-order valence-electron chi connectivity index (χ2n) is 6.58. The Kier molecular flexibility index (Phi) is 4.50. The van der Waals surface area contributed by atoms with Crippen LogP contribution in [0.25, 0.3) is 15.9 Å². The number of benzene rings is 2. The van der Waals surface area contributed by atoms with E-state index < -0.39 is 0 Å². The molecule has 4 aromatic rings. The van der Waals surface area contributed by atoms with Crippen molar-refractivity contribution in [1.82, 2.24) is 9.78 Å². The second kappa shape index (κ2) is 6.83. The first kappa shape index (κ1) is 17.8. The summed E-state index contributed by atoms with van der Waals surface area (Å²) in [4.78, 5) is 14.4. The van der Waals surface area contributed by atoms with Crippen molar-refractivity contribution in [2.45, 2.75) is 20.8 Å². The molecule has 0 atom stereocenters. The van der Waals surface area contributed by atoms with Crippen molar-refractivity contribution < 1.29 is 4.79 Å². The van der Waals surface area contributed by atoms with Crippen LogP contribution in [0.5, 0.6) is 0 Å². The molecule has 6 heteroatoms. The summed E-state index contributed by atoms with van der Waals surface area (Å²) in [6.07, 6.45) is 0. The Labute approximate surface area is 166 Å². The number of rotatable bonds is 3. The first-order valence-electron chi connectivity index (χ1n) is 8.56. The largest absolute Gasteiger partial charge is 0.321 e. The molecule has 4 rings (SSSR count). The number of aromatic nitrogens is 2. The molecule has 27 heavy (non-hydrogen) atoms. The standard InChI is InChI=1S/C21H18ClN3OS/c1-12-5-4-6-16(9-12)25-21-17(14(3)24-25)11-19(27-21)20(26)23-18-10-15(22)8-7-13(18)2/h4-11H,1-3H3,(H,23,26). The maximum Gasteiger partial charge on any atom is 0.265 e. The number of carbonyl (C=O) groups excluding carboxylic acids is 1. The van der Waals surface area contributed by atoms with E-state index in [9.17, 15) is 4.79 Å². The monoisotopic (exact) mass is 395 g/mol. The molecular formula is C21H18ClN3OS. The van der Waals surface area contributed by atoms with Crippen LogP contribution >= 0.6 is 22.9 Å². The zero-order valence-electron chi connectivity index (χ0n) is 15.2. The summed E-state index contributed by atoms with van der Waals surface area (Å²) >= 11 is 7.49. The Bertz CT molecular complexity index is 1180. The normalized spacial score (nSPS) is 11.1. The minimum Gasteiger partial charge on any atom is -0.321 e. The number of nitrogens with one attached hydrogen (secondary N) is 1. The van der Waals surface area contributed by atoms with Crippen molar-refractivity contribution in [2.75, 3.05) is 5.32 Å². The van der Waals surface area contributed by atoms with Gasteiger partial charge < -0.3 is 5.32 Å². The predicted molar refractivity (Wildman–Crippen MR) is 113 cm³/mol. The van der Waals surface area contributed by atoms with Crippen molar-refractivity contribution in [2.24, 2.45) is 0 Å². The lowest BCUT2D eigenvalue weighted by Gasteiger charge is -2.07. The van der Waals surface area contributed by atoms with Crippen LogP contribution in [0, 0.1) is 20.8 Å². The molecule has 2 heterocycles. The number of thiophene rings is 1. The Morgan fingerprint density at radius 1 is 1.11 bits per heavy atom. The van der Waals surface area contributed by atoms with Crippen molar-refractivity contribution in [1.29, 1.82) is 0 Å². The molecule has 0 spiro atoms. The fourth-order valence-electron chi connectivity index (χ4n) is 3.01. The average molecular weight is 396 g/mol. The fraction of sp³-hybridized carbons (Fsp3) is 0.143. The highest BCUT2D eigenvalue weighted by atomic mass is 35.5. The number of carbonyl (C=O) groups is 1. The summed E-state index contributed by atoms with van der Waals surface area (Å²) in [7, 11) is 0. The van der Waals surface area contributed by atoms with Gasteiger partial charge in [-0.25, -0.2) is 4.68 Å². The number of halogens is 1. The Balaban J connectivity index is 1.72. The lowest BCUT2D eigenvalue weighted by molar-refractivity contribution is 0.103. The minimum atomic E-state index is -0.142. The number of hydrogen-bond donors (Lipinski definition) is 1. The molecule has 0 radical (unpaired) electrons. The fourth-order valence-corrected chi connectivity index (χ4v) is 4.26. The van der Waals surface area contributed by atoms with Gasteiger partial charge in [-0.05, 0) is 62.2 Å². The summed E-state index contributed by atoms with van der Waals surface area (Å²) in [6, 6.07) is 15.5. The third-order valence-corrected chi connectivity index (χ3v) is 5.81. The van der Waals surface area contributed by atoms with E-state index in [1.165, 1.54) is 16.9 Å². The lowest BCUT2D eigenvalue weighted by atomic mass is 10.2.